The molecular formula is C13H16ClN3O2S2. The molecule has 0 fully saturated rings. The fourth-order valence-corrected chi connectivity index (χ4v) is 4.11. The first-order valence-corrected chi connectivity index (χ1v) is 8.91. The van der Waals surface area contributed by atoms with E-state index in [2.05, 4.69) is 15.0 Å². The lowest BCUT2D eigenvalue weighted by atomic mass is 10.2. The molecule has 114 valence electrons. The Morgan fingerprint density at radius 1 is 1.33 bits per heavy atom. The second-order valence-corrected chi connectivity index (χ2v) is 7.84. The Labute approximate surface area is 133 Å². The lowest BCUT2D eigenvalue weighted by Crippen LogP contribution is -2.13. The highest BCUT2D eigenvalue weighted by molar-refractivity contribution is 7.93. The highest BCUT2D eigenvalue weighted by Gasteiger charge is 2.18. The zero-order valence-electron chi connectivity index (χ0n) is 11.9. The van der Waals surface area contributed by atoms with Gasteiger partial charge in [0.2, 0.25) is 0 Å². The first kappa shape index (κ1) is 16.2. The number of nitrogens with zero attached hydrogens (tertiary/aromatic N) is 1. The van der Waals surface area contributed by atoms with Crippen molar-refractivity contribution in [1.82, 2.24) is 10.3 Å². The molecule has 2 N–H and O–H groups in total. The molecule has 0 aliphatic rings. The molecule has 0 aliphatic heterocycles. The predicted molar refractivity (Wildman–Crippen MR) is 86.6 cm³/mol. The van der Waals surface area contributed by atoms with Gasteiger partial charge < -0.3 is 5.32 Å². The van der Waals surface area contributed by atoms with Crippen LogP contribution in [0.5, 0.6) is 0 Å². The maximum Gasteiger partial charge on any atom is 0.263 e. The molecule has 2 rings (SSSR count). The molecular weight excluding hydrogens is 330 g/mol. The van der Waals surface area contributed by atoms with Crippen molar-refractivity contribution < 1.29 is 8.42 Å². The SMILES string of the molecule is CNCc1ccc(S(=O)(=O)Nc2nc(C)c(C)s2)cc1Cl. The average Bonchev–Trinajstić information content (AvgIpc) is 2.70. The summed E-state index contributed by atoms with van der Waals surface area (Å²) in [4.78, 5) is 5.28. The van der Waals surface area contributed by atoms with Crippen LogP contribution in [0.1, 0.15) is 16.1 Å². The lowest BCUT2D eigenvalue weighted by Gasteiger charge is -2.08. The normalized spacial score (nSPS) is 11.6. The fraction of sp³-hybridized carbons (Fsp3) is 0.308. The summed E-state index contributed by atoms with van der Waals surface area (Å²) in [6.45, 7) is 4.32. The molecule has 8 heteroatoms. The van der Waals surface area contributed by atoms with Crippen molar-refractivity contribution in [3.63, 3.8) is 0 Å². The zero-order chi connectivity index (χ0) is 15.6. The highest BCUT2D eigenvalue weighted by Crippen LogP contribution is 2.26. The molecule has 0 saturated carbocycles. The van der Waals surface area contributed by atoms with Crippen LogP contribution in [0.25, 0.3) is 0 Å². The Morgan fingerprint density at radius 2 is 2.05 bits per heavy atom. The summed E-state index contributed by atoms with van der Waals surface area (Å²) in [5, 5.41) is 3.75. The monoisotopic (exact) mass is 345 g/mol. The summed E-state index contributed by atoms with van der Waals surface area (Å²) in [6, 6.07) is 4.68. The summed E-state index contributed by atoms with van der Waals surface area (Å²) in [6.07, 6.45) is 0. The number of halogens is 1. The second kappa shape index (κ2) is 6.31. The van der Waals surface area contributed by atoms with Gasteiger partial charge in [0.15, 0.2) is 5.13 Å². The molecule has 2 aromatic rings. The number of rotatable bonds is 5. The van der Waals surface area contributed by atoms with E-state index in [4.69, 9.17) is 11.6 Å². The van der Waals surface area contributed by atoms with E-state index in [9.17, 15) is 8.42 Å². The number of hydrogen-bond acceptors (Lipinski definition) is 5. The van der Waals surface area contributed by atoms with E-state index >= 15 is 0 Å². The number of hydrogen-bond donors (Lipinski definition) is 2. The van der Waals surface area contributed by atoms with Crippen molar-refractivity contribution in [3.8, 4) is 0 Å². The molecule has 0 saturated heterocycles. The molecule has 1 aromatic heterocycles. The van der Waals surface area contributed by atoms with Gasteiger partial charge in [-0.05, 0) is 38.6 Å². The molecule has 0 unspecified atom stereocenters. The quantitative estimate of drug-likeness (QED) is 0.874. The van der Waals surface area contributed by atoms with Crippen molar-refractivity contribution >= 4 is 38.1 Å². The van der Waals surface area contributed by atoms with E-state index in [-0.39, 0.29) is 4.90 Å². The van der Waals surface area contributed by atoms with Gasteiger partial charge in [0.25, 0.3) is 10.0 Å². The van der Waals surface area contributed by atoms with Crippen molar-refractivity contribution in [2.75, 3.05) is 11.8 Å². The largest absolute Gasteiger partial charge is 0.316 e. The molecule has 1 aromatic carbocycles. The van der Waals surface area contributed by atoms with Crippen molar-refractivity contribution in [1.29, 1.82) is 0 Å². The zero-order valence-corrected chi connectivity index (χ0v) is 14.3. The van der Waals surface area contributed by atoms with Gasteiger partial charge in [-0.1, -0.05) is 17.7 Å². The third-order valence-corrected chi connectivity index (χ3v) is 5.76. The van der Waals surface area contributed by atoms with Crippen LogP contribution < -0.4 is 10.0 Å². The van der Waals surface area contributed by atoms with Crippen LogP contribution >= 0.6 is 22.9 Å². The van der Waals surface area contributed by atoms with Crippen LogP contribution in [-0.2, 0) is 16.6 Å². The molecule has 5 nitrogen and oxygen atoms in total. The fourth-order valence-electron chi connectivity index (χ4n) is 1.72. The molecule has 0 radical (unpaired) electrons. The van der Waals surface area contributed by atoms with Crippen molar-refractivity contribution in [3.05, 3.63) is 39.4 Å². The van der Waals surface area contributed by atoms with E-state index in [1.54, 1.807) is 13.1 Å². The number of benzene rings is 1. The third kappa shape index (κ3) is 3.74. The summed E-state index contributed by atoms with van der Waals surface area (Å²) < 4.78 is 27.1. The molecule has 1 heterocycles. The van der Waals surface area contributed by atoms with Crippen LogP contribution in [0.3, 0.4) is 0 Å². The standard InChI is InChI=1S/C13H16ClN3O2S2/c1-8-9(2)20-13(16-8)17-21(18,19)11-5-4-10(7-15-3)12(14)6-11/h4-6,15H,7H2,1-3H3,(H,16,17). The topological polar surface area (TPSA) is 71.1 Å². The number of thiazole rings is 1. The van der Waals surface area contributed by atoms with Crippen LogP contribution in [0, 0.1) is 13.8 Å². The van der Waals surface area contributed by atoms with E-state index in [1.165, 1.54) is 23.5 Å². The number of anilines is 1. The Balaban J connectivity index is 2.29. The first-order chi connectivity index (χ1) is 9.83. The Morgan fingerprint density at radius 3 is 2.57 bits per heavy atom. The Bertz CT molecular complexity index is 737. The van der Waals surface area contributed by atoms with Gasteiger partial charge in [-0.15, -0.1) is 11.3 Å². The summed E-state index contributed by atoms with van der Waals surface area (Å²) in [7, 11) is -1.88. The van der Waals surface area contributed by atoms with E-state index in [0.717, 1.165) is 16.1 Å². The second-order valence-electron chi connectivity index (χ2n) is 4.55. The smallest absolute Gasteiger partial charge is 0.263 e. The minimum Gasteiger partial charge on any atom is -0.316 e. The van der Waals surface area contributed by atoms with Crippen LogP contribution in [0.4, 0.5) is 5.13 Å². The minimum atomic E-state index is -3.68. The maximum atomic E-state index is 12.3. The number of aryl methyl sites for hydroxylation is 2. The van der Waals surface area contributed by atoms with Crippen LogP contribution in [0.15, 0.2) is 23.1 Å². The van der Waals surface area contributed by atoms with Gasteiger partial charge >= 0.3 is 0 Å². The first-order valence-electron chi connectivity index (χ1n) is 6.23. The molecule has 0 spiro atoms. The van der Waals surface area contributed by atoms with Gasteiger partial charge in [-0.25, -0.2) is 13.4 Å². The molecule has 21 heavy (non-hydrogen) atoms. The lowest BCUT2D eigenvalue weighted by molar-refractivity contribution is 0.601. The number of nitrogens with one attached hydrogen (secondary N) is 2. The molecule has 0 amide bonds. The summed E-state index contributed by atoms with van der Waals surface area (Å²) in [5.74, 6) is 0. The Kier molecular flexibility index (Phi) is 4.88. The van der Waals surface area contributed by atoms with Gasteiger partial charge in [-0.3, -0.25) is 4.72 Å². The summed E-state index contributed by atoms with van der Waals surface area (Å²) >= 11 is 7.41. The maximum absolute atomic E-state index is 12.3. The van der Waals surface area contributed by atoms with Crippen molar-refractivity contribution in [2.24, 2.45) is 0 Å². The van der Waals surface area contributed by atoms with Crippen molar-refractivity contribution in [2.45, 2.75) is 25.3 Å². The molecule has 0 atom stereocenters. The molecule has 0 bridgehead atoms. The average molecular weight is 346 g/mol. The van der Waals surface area contributed by atoms with Crippen LogP contribution in [-0.4, -0.2) is 20.4 Å². The van der Waals surface area contributed by atoms with E-state index in [0.29, 0.717) is 16.7 Å². The third-order valence-electron chi connectivity index (χ3n) is 2.95. The van der Waals surface area contributed by atoms with Gasteiger partial charge in [-0.2, -0.15) is 0 Å². The van der Waals surface area contributed by atoms with Gasteiger partial charge in [0.1, 0.15) is 0 Å². The van der Waals surface area contributed by atoms with E-state index in [1.807, 2.05) is 13.8 Å². The number of aromatic nitrogens is 1. The Hall–Kier alpha value is -1.15. The summed E-state index contributed by atoms with van der Waals surface area (Å²) in [5.41, 5.74) is 1.67. The predicted octanol–water partition coefficient (Wildman–Crippen LogP) is 2.93. The van der Waals surface area contributed by atoms with E-state index < -0.39 is 10.0 Å². The highest BCUT2D eigenvalue weighted by atomic mass is 35.5. The number of sulfonamides is 1. The van der Waals surface area contributed by atoms with Gasteiger partial charge in [0.05, 0.1) is 10.6 Å². The minimum absolute atomic E-state index is 0.123. The van der Waals surface area contributed by atoms with Gasteiger partial charge in [0, 0.05) is 16.4 Å². The van der Waals surface area contributed by atoms with Crippen LogP contribution in [0.2, 0.25) is 5.02 Å². The molecule has 0 aliphatic carbocycles.